The summed E-state index contributed by atoms with van der Waals surface area (Å²) in [5.41, 5.74) is 4.91. The summed E-state index contributed by atoms with van der Waals surface area (Å²) >= 11 is 0. The molecule has 1 saturated heterocycles. The molecule has 0 aromatic heterocycles. The lowest BCUT2D eigenvalue weighted by Crippen LogP contribution is -2.37. The Kier molecular flexibility index (Phi) is 4.28. The molecule has 1 fully saturated rings. The Morgan fingerprint density at radius 3 is 2.53 bits per heavy atom. The Labute approximate surface area is 89.6 Å². The van der Waals surface area contributed by atoms with Crippen molar-refractivity contribution in [1.82, 2.24) is 5.32 Å². The van der Waals surface area contributed by atoms with E-state index in [0.29, 0.717) is 19.4 Å². The number of nitrogens with one attached hydrogen (secondary N) is 1. The zero-order valence-electron chi connectivity index (χ0n) is 8.48. The van der Waals surface area contributed by atoms with E-state index in [2.05, 4.69) is 5.32 Å². The molecule has 1 aliphatic rings. The van der Waals surface area contributed by atoms with Gasteiger partial charge in [-0.15, -0.1) is 0 Å². The molecule has 1 rings (SSSR count). The first-order chi connectivity index (χ1) is 6.99. The van der Waals surface area contributed by atoms with E-state index in [1.165, 1.54) is 6.08 Å². The van der Waals surface area contributed by atoms with Gasteiger partial charge in [-0.1, -0.05) is 6.08 Å². The maximum atomic E-state index is 11.1. The maximum absolute atomic E-state index is 11.1. The van der Waals surface area contributed by atoms with E-state index in [1.807, 2.05) is 0 Å². The second-order valence-corrected chi connectivity index (χ2v) is 5.94. The SMILES string of the molecule is NC(=O)C=CCNC1CCS(=O)(=O)CC1. The fourth-order valence-electron chi connectivity index (χ4n) is 1.50. The first-order valence-corrected chi connectivity index (χ1v) is 6.71. The third kappa shape index (κ3) is 4.94. The van der Waals surface area contributed by atoms with Gasteiger partial charge in [-0.2, -0.15) is 0 Å². The van der Waals surface area contributed by atoms with Gasteiger partial charge in [0.15, 0.2) is 0 Å². The van der Waals surface area contributed by atoms with Crippen LogP contribution in [0.25, 0.3) is 0 Å². The Hall–Kier alpha value is -0.880. The largest absolute Gasteiger partial charge is 0.366 e. The summed E-state index contributed by atoms with van der Waals surface area (Å²) in [4.78, 5) is 10.4. The molecule has 5 nitrogen and oxygen atoms in total. The molecule has 1 heterocycles. The Bertz CT molecular complexity index is 334. The van der Waals surface area contributed by atoms with Gasteiger partial charge in [-0.3, -0.25) is 4.79 Å². The number of hydrogen-bond acceptors (Lipinski definition) is 4. The Morgan fingerprint density at radius 1 is 1.40 bits per heavy atom. The van der Waals surface area contributed by atoms with Gasteiger partial charge in [-0.05, 0) is 18.9 Å². The maximum Gasteiger partial charge on any atom is 0.241 e. The lowest BCUT2D eigenvalue weighted by atomic mass is 10.1. The normalized spacial score (nSPS) is 21.9. The molecule has 0 aliphatic carbocycles. The van der Waals surface area contributed by atoms with Crippen molar-refractivity contribution < 1.29 is 13.2 Å². The predicted octanol–water partition coefficient (Wildman–Crippen LogP) is -0.805. The topological polar surface area (TPSA) is 89.3 Å². The van der Waals surface area contributed by atoms with E-state index in [1.54, 1.807) is 6.08 Å². The van der Waals surface area contributed by atoms with E-state index >= 15 is 0 Å². The van der Waals surface area contributed by atoms with E-state index in [9.17, 15) is 13.2 Å². The van der Waals surface area contributed by atoms with Crippen LogP contribution in [0.15, 0.2) is 12.2 Å². The van der Waals surface area contributed by atoms with Crippen LogP contribution in [0.5, 0.6) is 0 Å². The molecule has 3 N–H and O–H groups in total. The quantitative estimate of drug-likeness (QED) is 0.621. The molecule has 6 heteroatoms. The van der Waals surface area contributed by atoms with Gasteiger partial charge in [0.05, 0.1) is 11.5 Å². The highest BCUT2D eigenvalue weighted by atomic mass is 32.2. The number of nitrogens with two attached hydrogens (primary N) is 1. The van der Waals surface area contributed by atoms with Gasteiger partial charge in [0.25, 0.3) is 0 Å². The number of carbonyl (C=O) groups excluding carboxylic acids is 1. The highest BCUT2D eigenvalue weighted by molar-refractivity contribution is 7.91. The van der Waals surface area contributed by atoms with Gasteiger partial charge in [0, 0.05) is 12.6 Å². The highest BCUT2D eigenvalue weighted by Crippen LogP contribution is 2.11. The molecule has 15 heavy (non-hydrogen) atoms. The van der Waals surface area contributed by atoms with Gasteiger partial charge < -0.3 is 11.1 Å². The molecule has 0 saturated carbocycles. The average molecular weight is 232 g/mol. The van der Waals surface area contributed by atoms with Crippen LogP contribution in [-0.4, -0.2) is 38.4 Å². The van der Waals surface area contributed by atoms with Crippen LogP contribution in [0.1, 0.15) is 12.8 Å². The minimum absolute atomic E-state index is 0.228. The molecule has 0 spiro atoms. The zero-order chi connectivity index (χ0) is 11.3. The van der Waals surface area contributed by atoms with Crippen molar-refractivity contribution >= 4 is 15.7 Å². The lowest BCUT2D eigenvalue weighted by Gasteiger charge is -2.22. The number of primary amides is 1. The summed E-state index contributed by atoms with van der Waals surface area (Å²) in [6.07, 6.45) is 4.23. The second kappa shape index (κ2) is 5.27. The van der Waals surface area contributed by atoms with Crippen LogP contribution in [-0.2, 0) is 14.6 Å². The van der Waals surface area contributed by atoms with E-state index in [-0.39, 0.29) is 17.5 Å². The summed E-state index contributed by atoms with van der Waals surface area (Å²) < 4.78 is 22.2. The van der Waals surface area contributed by atoms with E-state index in [4.69, 9.17) is 5.73 Å². The molecular formula is C9H16N2O3S. The predicted molar refractivity (Wildman–Crippen MR) is 58.0 cm³/mol. The van der Waals surface area contributed by atoms with Crippen LogP contribution in [0.4, 0.5) is 0 Å². The molecule has 1 amide bonds. The van der Waals surface area contributed by atoms with Gasteiger partial charge in [0.1, 0.15) is 9.84 Å². The summed E-state index contributed by atoms with van der Waals surface area (Å²) in [6.45, 7) is 0.549. The molecule has 1 aliphatic heterocycles. The Morgan fingerprint density at radius 2 is 2.00 bits per heavy atom. The smallest absolute Gasteiger partial charge is 0.241 e. The third-order valence-corrected chi connectivity index (χ3v) is 4.08. The van der Waals surface area contributed by atoms with Crippen molar-refractivity contribution in [2.45, 2.75) is 18.9 Å². The van der Waals surface area contributed by atoms with Crippen molar-refractivity contribution in [3.8, 4) is 0 Å². The molecule has 0 atom stereocenters. The highest BCUT2D eigenvalue weighted by Gasteiger charge is 2.22. The van der Waals surface area contributed by atoms with Gasteiger partial charge in [-0.25, -0.2) is 8.42 Å². The van der Waals surface area contributed by atoms with Crippen LogP contribution in [0, 0.1) is 0 Å². The minimum Gasteiger partial charge on any atom is -0.366 e. The number of amides is 1. The minimum atomic E-state index is -2.79. The fraction of sp³-hybridized carbons (Fsp3) is 0.667. The number of sulfone groups is 1. The van der Waals surface area contributed by atoms with Crippen LogP contribution in [0.2, 0.25) is 0 Å². The molecule has 0 aromatic rings. The van der Waals surface area contributed by atoms with Gasteiger partial charge >= 0.3 is 0 Å². The summed E-state index contributed by atoms with van der Waals surface area (Å²) in [5.74, 6) is 0.0389. The van der Waals surface area contributed by atoms with Crippen molar-refractivity contribution in [1.29, 1.82) is 0 Å². The lowest BCUT2D eigenvalue weighted by molar-refractivity contribution is -0.113. The van der Waals surface area contributed by atoms with Crippen LogP contribution < -0.4 is 11.1 Å². The fourth-order valence-corrected chi connectivity index (χ4v) is 3.00. The van der Waals surface area contributed by atoms with Crippen molar-refractivity contribution in [2.24, 2.45) is 5.73 Å². The van der Waals surface area contributed by atoms with E-state index < -0.39 is 15.7 Å². The molecule has 0 bridgehead atoms. The zero-order valence-corrected chi connectivity index (χ0v) is 9.29. The third-order valence-electron chi connectivity index (χ3n) is 2.36. The first-order valence-electron chi connectivity index (χ1n) is 4.89. The number of hydrogen-bond donors (Lipinski definition) is 2. The van der Waals surface area contributed by atoms with Crippen molar-refractivity contribution in [2.75, 3.05) is 18.1 Å². The van der Waals surface area contributed by atoms with E-state index in [0.717, 1.165) is 0 Å². The molecule has 0 unspecified atom stereocenters. The van der Waals surface area contributed by atoms with Crippen LogP contribution in [0.3, 0.4) is 0 Å². The average Bonchev–Trinajstić information content (AvgIpc) is 2.14. The Balaban J connectivity index is 2.22. The first kappa shape index (κ1) is 12.2. The molecular weight excluding hydrogens is 216 g/mol. The van der Waals surface area contributed by atoms with Crippen LogP contribution >= 0.6 is 0 Å². The molecule has 0 radical (unpaired) electrons. The summed E-state index contributed by atoms with van der Waals surface area (Å²) in [6, 6.07) is 0.228. The summed E-state index contributed by atoms with van der Waals surface area (Å²) in [5, 5.41) is 3.16. The van der Waals surface area contributed by atoms with Crippen molar-refractivity contribution in [3.63, 3.8) is 0 Å². The number of rotatable bonds is 4. The standard InChI is InChI=1S/C9H16N2O3S/c10-9(12)2-1-5-11-8-3-6-15(13,14)7-4-8/h1-2,8,11H,3-7H2,(H2,10,12). The number of carbonyl (C=O) groups is 1. The van der Waals surface area contributed by atoms with Crippen molar-refractivity contribution in [3.05, 3.63) is 12.2 Å². The monoisotopic (exact) mass is 232 g/mol. The molecule has 0 aromatic carbocycles. The van der Waals surface area contributed by atoms with Gasteiger partial charge in [0.2, 0.25) is 5.91 Å². The molecule has 86 valence electrons. The summed E-state index contributed by atoms with van der Waals surface area (Å²) in [7, 11) is -2.79. The second-order valence-electron chi connectivity index (χ2n) is 3.64.